The Hall–Kier alpha value is -1.85. The highest BCUT2D eigenvalue weighted by Crippen LogP contribution is 2.23. The van der Waals surface area contributed by atoms with E-state index in [2.05, 4.69) is 55.6 Å². The number of hydrogen-bond donors (Lipinski definition) is 6. The van der Waals surface area contributed by atoms with Crippen molar-refractivity contribution in [2.24, 2.45) is 0 Å². The van der Waals surface area contributed by atoms with Gasteiger partial charge >= 0.3 is 0 Å². The van der Waals surface area contributed by atoms with E-state index in [4.69, 9.17) is 9.47 Å². The van der Waals surface area contributed by atoms with Gasteiger partial charge in [0.05, 0.1) is 25.4 Å². The number of hydrogen-bond acceptors (Lipinski definition) is 8. The zero-order chi connectivity index (χ0) is 57.9. The lowest BCUT2D eigenvalue weighted by atomic mass is 9.99. The summed E-state index contributed by atoms with van der Waals surface area (Å²) < 4.78 is 11.3. The van der Waals surface area contributed by atoms with Crippen molar-refractivity contribution in [2.75, 3.05) is 13.2 Å². The molecule has 0 aromatic heterocycles. The smallest absolute Gasteiger partial charge is 0.220 e. The molecule has 0 bridgehead atoms. The summed E-state index contributed by atoms with van der Waals surface area (Å²) in [7, 11) is 0. The quantitative estimate of drug-likeness (QED) is 0.0261. The van der Waals surface area contributed by atoms with E-state index in [1.165, 1.54) is 276 Å². The summed E-state index contributed by atoms with van der Waals surface area (Å²) in [5, 5.41) is 54.7. The van der Waals surface area contributed by atoms with Gasteiger partial charge in [-0.3, -0.25) is 4.79 Å². The van der Waals surface area contributed by atoms with Gasteiger partial charge in [0, 0.05) is 6.42 Å². The SMILES string of the molecule is CCCCCCC/C=C\C/C=C\CCCCCCCCCCCCCCCCCCCCCCCCCC(=O)NC(COC1OC(CO)C(O)C(O)C1O)C(O)/C=C/CC/C=C/CCCCCCCCCCCCCCCCCC. The molecule has 1 rings (SSSR count). The Kier molecular flexibility index (Phi) is 57.4. The number of carbonyl (C=O) groups is 1. The third kappa shape index (κ3) is 48.5. The lowest BCUT2D eigenvalue weighted by molar-refractivity contribution is -0.302. The summed E-state index contributed by atoms with van der Waals surface area (Å²) >= 11 is 0. The van der Waals surface area contributed by atoms with E-state index in [0.29, 0.717) is 6.42 Å². The molecule has 1 heterocycles. The number of carbonyl (C=O) groups excluding carboxylic acids is 1. The van der Waals surface area contributed by atoms with Crippen LogP contribution in [0.3, 0.4) is 0 Å². The molecule has 7 unspecified atom stereocenters. The Morgan fingerprint density at radius 3 is 1.12 bits per heavy atom. The predicted octanol–water partition coefficient (Wildman–Crippen LogP) is 18.8. The summed E-state index contributed by atoms with van der Waals surface area (Å²) in [5.41, 5.74) is 0. The zero-order valence-electron chi connectivity index (χ0n) is 52.6. The molecule has 80 heavy (non-hydrogen) atoms. The fourth-order valence-electron chi connectivity index (χ4n) is 11.1. The number of ether oxygens (including phenoxy) is 2. The lowest BCUT2D eigenvalue weighted by Crippen LogP contribution is -2.60. The van der Waals surface area contributed by atoms with Crippen LogP contribution in [-0.4, -0.2) is 87.5 Å². The number of nitrogens with one attached hydrogen (secondary N) is 1. The maximum absolute atomic E-state index is 13.1. The second-order valence-corrected chi connectivity index (χ2v) is 24.3. The van der Waals surface area contributed by atoms with E-state index in [9.17, 15) is 30.3 Å². The van der Waals surface area contributed by atoms with Crippen LogP contribution >= 0.6 is 0 Å². The average Bonchev–Trinajstić information content (AvgIpc) is 3.46. The van der Waals surface area contributed by atoms with Crippen LogP contribution in [0, 0.1) is 0 Å². The molecule has 1 aliphatic heterocycles. The normalized spacial score (nSPS) is 18.7. The number of aliphatic hydroxyl groups excluding tert-OH is 5. The van der Waals surface area contributed by atoms with Crippen molar-refractivity contribution in [1.29, 1.82) is 0 Å². The summed E-state index contributed by atoms with van der Waals surface area (Å²) in [5.74, 6) is -0.180. The van der Waals surface area contributed by atoms with Crippen LogP contribution in [-0.2, 0) is 14.3 Å². The standard InChI is InChI=1S/C71H133NO8/c1-3-5-7-9-11-13-15-17-19-21-23-25-27-28-29-30-31-32-33-34-35-36-37-38-39-41-43-45-47-49-51-53-55-57-59-61-67(75)72-64(63-79-71-70(78)69(77)68(76)66(62-73)80-71)65(74)60-58-56-54-52-50-48-46-44-42-40-26-24-22-20-18-16-14-12-10-8-6-4-2/h15,17,21,23,50,52,58,60,64-66,68-71,73-74,76-78H,3-14,16,18-20,22,24-49,51,53-57,59,61-63H2,1-2H3,(H,72,75)/b17-15-,23-21-,52-50+,60-58+. The van der Waals surface area contributed by atoms with Gasteiger partial charge in [0.2, 0.25) is 5.91 Å². The summed E-state index contributed by atoms with van der Waals surface area (Å²) in [4.78, 5) is 13.1. The average molecular weight is 1130 g/mol. The van der Waals surface area contributed by atoms with Crippen molar-refractivity contribution in [3.05, 3.63) is 48.6 Å². The molecule has 9 heteroatoms. The largest absolute Gasteiger partial charge is 0.394 e. The molecule has 470 valence electrons. The predicted molar refractivity (Wildman–Crippen MR) is 341 cm³/mol. The minimum Gasteiger partial charge on any atom is -0.394 e. The molecule has 0 spiro atoms. The maximum atomic E-state index is 13.1. The molecule has 0 aliphatic carbocycles. The third-order valence-electron chi connectivity index (χ3n) is 16.6. The van der Waals surface area contributed by atoms with Crippen LogP contribution in [0.2, 0.25) is 0 Å². The van der Waals surface area contributed by atoms with E-state index >= 15 is 0 Å². The molecule has 9 nitrogen and oxygen atoms in total. The Balaban J connectivity index is 2.11. The third-order valence-corrected chi connectivity index (χ3v) is 16.6. The molecule has 1 saturated heterocycles. The van der Waals surface area contributed by atoms with Gasteiger partial charge in [-0.15, -0.1) is 0 Å². The molecule has 6 N–H and O–H groups in total. The van der Waals surface area contributed by atoms with Crippen LogP contribution in [0.1, 0.15) is 341 Å². The summed E-state index contributed by atoms with van der Waals surface area (Å²) in [6.45, 7) is 3.80. The van der Waals surface area contributed by atoms with Crippen molar-refractivity contribution < 1.29 is 39.8 Å². The summed E-state index contributed by atoms with van der Waals surface area (Å²) in [6.07, 6.45) is 75.1. The Morgan fingerprint density at radius 2 is 0.750 bits per heavy atom. The van der Waals surface area contributed by atoms with E-state index in [-0.39, 0.29) is 12.5 Å². The van der Waals surface area contributed by atoms with Crippen molar-refractivity contribution in [3.8, 4) is 0 Å². The minimum absolute atomic E-state index is 0.180. The Labute approximate surface area is 494 Å². The monoisotopic (exact) mass is 1130 g/mol. The van der Waals surface area contributed by atoms with Gasteiger partial charge in [0.1, 0.15) is 24.4 Å². The van der Waals surface area contributed by atoms with Gasteiger partial charge < -0.3 is 40.3 Å². The minimum atomic E-state index is -1.57. The number of aliphatic hydroxyl groups is 5. The molecule has 0 aromatic rings. The maximum Gasteiger partial charge on any atom is 0.220 e. The highest BCUT2D eigenvalue weighted by Gasteiger charge is 2.44. The molecule has 1 aliphatic rings. The van der Waals surface area contributed by atoms with Crippen LogP contribution in [0.4, 0.5) is 0 Å². The first-order chi connectivity index (χ1) is 39.3. The zero-order valence-corrected chi connectivity index (χ0v) is 52.6. The van der Waals surface area contributed by atoms with Gasteiger partial charge in [-0.25, -0.2) is 0 Å². The first-order valence-electron chi connectivity index (χ1n) is 34.9. The lowest BCUT2D eigenvalue weighted by Gasteiger charge is -2.40. The second kappa shape index (κ2) is 60.3. The van der Waals surface area contributed by atoms with Crippen LogP contribution in [0.15, 0.2) is 48.6 Å². The highest BCUT2D eigenvalue weighted by atomic mass is 16.7. The highest BCUT2D eigenvalue weighted by molar-refractivity contribution is 5.76. The molecule has 7 atom stereocenters. The Bertz CT molecular complexity index is 1400. The van der Waals surface area contributed by atoms with E-state index < -0.39 is 49.5 Å². The number of allylic oxidation sites excluding steroid dienone is 7. The summed E-state index contributed by atoms with van der Waals surface area (Å²) in [6, 6.07) is -0.822. The topological polar surface area (TPSA) is 149 Å². The van der Waals surface area contributed by atoms with Gasteiger partial charge in [-0.2, -0.15) is 0 Å². The first-order valence-corrected chi connectivity index (χ1v) is 34.9. The number of amides is 1. The molecule has 0 aromatic carbocycles. The number of rotatable bonds is 61. The van der Waals surface area contributed by atoms with Crippen molar-refractivity contribution in [3.63, 3.8) is 0 Å². The van der Waals surface area contributed by atoms with Crippen LogP contribution in [0.5, 0.6) is 0 Å². The second-order valence-electron chi connectivity index (χ2n) is 24.3. The number of unbranched alkanes of at least 4 members (excludes halogenated alkanes) is 45. The molecular weight excluding hydrogens is 995 g/mol. The van der Waals surface area contributed by atoms with Crippen molar-refractivity contribution in [1.82, 2.24) is 5.32 Å². The van der Waals surface area contributed by atoms with Crippen molar-refractivity contribution >= 4 is 5.91 Å². The Morgan fingerprint density at radius 1 is 0.425 bits per heavy atom. The van der Waals surface area contributed by atoms with Gasteiger partial charge in [0.15, 0.2) is 6.29 Å². The van der Waals surface area contributed by atoms with Crippen LogP contribution in [0.25, 0.3) is 0 Å². The van der Waals surface area contributed by atoms with Gasteiger partial charge in [-0.05, 0) is 64.2 Å². The van der Waals surface area contributed by atoms with E-state index in [1.807, 2.05) is 6.08 Å². The molecule has 0 radical (unpaired) electrons. The molecular formula is C71H133NO8. The van der Waals surface area contributed by atoms with E-state index in [1.54, 1.807) is 6.08 Å². The fraction of sp³-hybridized carbons (Fsp3) is 0.873. The first kappa shape index (κ1) is 76.2. The van der Waals surface area contributed by atoms with Gasteiger partial charge in [0.25, 0.3) is 0 Å². The van der Waals surface area contributed by atoms with Crippen molar-refractivity contribution in [2.45, 2.75) is 384 Å². The van der Waals surface area contributed by atoms with E-state index in [0.717, 1.165) is 44.9 Å². The molecule has 0 saturated carbocycles. The van der Waals surface area contributed by atoms with Crippen LogP contribution < -0.4 is 5.32 Å². The molecule has 1 amide bonds. The fourth-order valence-corrected chi connectivity index (χ4v) is 11.1. The van der Waals surface area contributed by atoms with Gasteiger partial charge in [-0.1, -0.05) is 319 Å². The molecule has 1 fully saturated rings.